The fourth-order valence-electron chi connectivity index (χ4n) is 2.21. The van der Waals surface area contributed by atoms with Crippen LogP contribution in [0.5, 0.6) is 0 Å². The molecule has 0 bridgehead atoms. The third-order valence-electron chi connectivity index (χ3n) is 3.11. The van der Waals surface area contributed by atoms with Crippen LogP contribution in [0.25, 0.3) is 0 Å². The van der Waals surface area contributed by atoms with Gasteiger partial charge < -0.3 is 16.0 Å². The van der Waals surface area contributed by atoms with Gasteiger partial charge in [-0.2, -0.15) is 0 Å². The molecule has 1 rings (SSSR count). The van der Waals surface area contributed by atoms with Crippen LogP contribution in [0.3, 0.4) is 0 Å². The average molecular weight is 213 g/mol. The number of piperidine rings is 1. The van der Waals surface area contributed by atoms with E-state index < -0.39 is 0 Å². The molecule has 1 heterocycles. The van der Waals surface area contributed by atoms with Gasteiger partial charge in [-0.1, -0.05) is 0 Å². The molecule has 1 aliphatic heterocycles. The van der Waals surface area contributed by atoms with Crippen molar-refractivity contribution in [1.82, 2.24) is 10.2 Å². The van der Waals surface area contributed by atoms with Crippen LogP contribution in [0.1, 0.15) is 25.7 Å². The quantitative estimate of drug-likeness (QED) is 0.685. The maximum atomic E-state index is 11.1. The maximum Gasteiger partial charge on any atom is 0.221 e. The second-order valence-corrected chi connectivity index (χ2v) is 4.31. The highest BCUT2D eigenvalue weighted by atomic mass is 16.1. The van der Waals surface area contributed by atoms with Crippen molar-refractivity contribution in [2.24, 2.45) is 11.7 Å². The normalized spacial score (nSPS) is 22.7. The van der Waals surface area contributed by atoms with Crippen molar-refractivity contribution in [2.45, 2.75) is 25.7 Å². The van der Waals surface area contributed by atoms with Gasteiger partial charge in [-0.25, -0.2) is 0 Å². The summed E-state index contributed by atoms with van der Waals surface area (Å²) in [7, 11) is 1.69. The van der Waals surface area contributed by atoms with Crippen LogP contribution in [0.15, 0.2) is 0 Å². The lowest BCUT2D eigenvalue weighted by Gasteiger charge is -2.32. The van der Waals surface area contributed by atoms with Crippen LogP contribution in [-0.4, -0.2) is 44.0 Å². The zero-order valence-electron chi connectivity index (χ0n) is 9.67. The molecule has 1 unspecified atom stereocenters. The Morgan fingerprint density at radius 2 is 2.40 bits per heavy atom. The number of hydrogen-bond donors (Lipinski definition) is 2. The minimum atomic E-state index is 0.135. The van der Waals surface area contributed by atoms with E-state index in [9.17, 15) is 4.79 Å². The number of likely N-dealkylation sites (tertiary alicyclic amines) is 1. The zero-order chi connectivity index (χ0) is 11.1. The lowest BCUT2D eigenvalue weighted by molar-refractivity contribution is -0.121. The van der Waals surface area contributed by atoms with Crippen molar-refractivity contribution in [3.05, 3.63) is 0 Å². The number of carbonyl (C=O) groups excluding carboxylic acids is 1. The molecule has 0 aromatic heterocycles. The lowest BCUT2D eigenvalue weighted by atomic mass is 9.95. The molecule has 1 atom stereocenters. The predicted molar refractivity (Wildman–Crippen MR) is 61.5 cm³/mol. The molecule has 1 saturated heterocycles. The summed E-state index contributed by atoms with van der Waals surface area (Å²) in [6, 6.07) is 0. The Kier molecular flexibility index (Phi) is 5.65. The minimum absolute atomic E-state index is 0.135. The molecule has 1 fully saturated rings. The number of nitrogens with one attached hydrogen (secondary N) is 1. The third-order valence-corrected chi connectivity index (χ3v) is 3.11. The minimum Gasteiger partial charge on any atom is -0.359 e. The molecule has 0 radical (unpaired) electrons. The smallest absolute Gasteiger partial charge is 0.221 e. The first-order chi connectivity index (χ1) is 7.26. The Bertz CT molecular complexity index is 194. The van der Waals surface area contributed by atoms with E-state index in [4.69, 9.17) is 5.73 Å². The third kappa shape index (κ3) is 4.62. The molecule has 4 heteroatoms. The van der Waals surface area contributed by atoms with Gasteiger partial charge in [0, 0.05) is 26.6 Å². The monoisotopic (exact) mass is 213 g/mol. The highest BCUT2D eigenvalue weighted by Gasteiger charge is 2.19. The van der Waals surface area contributed by atoms with E-state index in [0.29, 0.717) is 6.42 Å². The van der Waals surface area contributed by atoms with E-state index in [0.717, 1.165) is 38.5 Å². The second kappa shape index (κ2) is 6.80. The molecule has 88 valence electrons. The molecule has 0 aromatic rings. The number of nitrogens with zero attached hydrogens (tertiary/aromatic N) is 1. The number of rotatable bonds is 5. The maximum absolute atomic E-state index is 11.1. The van der Waals surface area contributed by atoms with Crippen molar-refractivity contribution < 1.29 is 4.79 Å². The Morgan fingerprint density at radius 3 is 3.07 bits per heavy atom. The van der Waals surface area contributed by atoms with Crippen molar-refractivity contribution in [1.29, 1.82) is 0 Å². The fourth-order valence-corrected chi connectivity index (χ4v) is 2.21. The summed E-state index contributed by atoms with van der Waals surface area (Å²) in [5.41, 5.74) is 5.57. The van der Waals surface area contributed by atoms with Gasteiger partial charge in [0.05, 0.1) is 0 Å². The molecule has 4 nitrogen and oxygen atoms in total. The first-order valence-electron chi connectivity index (χ1n) is 5.89. The van der Waals surface area contributed by atoms with Crippen molar-refractivity contribution in [3.8, 4) is 0 Å². The first kappa shape index (κ1) is 12.5. The largest absolute Gasteiger partial charge is 0.359 e. The van der Waals surface area contributed by atoms with Gasteiger partial charge in [-0.15, -0.1) is 0 Å². The molecule has 15 heavy (non-hydrogen) atoms. The van der Waals surface area contributed by atoms with Crippen LogP contribution in [0.4, 0.5) is 0 Å². The van der Waals surface area contributed by atoms with E-state index in [1.165, 1.54) is 12.8 Å². The van der Waals surface area contributed by atoms with Gasteiger partial charge in [-0.3, -0.25) is 4.79 Å². The van der Waals surface area contributed by atoms with Gasteiger partial charge in [0.15, 0.2) is 0 Å². The molecule has 3 N–H and O–H groups in total. The van der Waals surface area contributed by atoms with E-state index in [1.807, 2.05) is 0 Å². The molecule has 0 aromatic carbocycles. The van der Waals surface area contributed by atoms with Gasteiger partial charge >= 0.3 is 0 Å². The molecular weight excluding hydrogens is 190 g/mol. The summed E-state index contributed by atoms with van der Waals surface area (Å²) in [6.45, 7) is 3.93. The van der Waals surface area contributed by atoms with Crippen molar-refractivity contribution in [3.63, 3.8) is 0 Å². The number of hydrogen-bond acceptors (Lipinski definition) is 3. The highest BCUT2D eigenvalue weighted by Crippen LogP contribution is 2.18. The lowest BCUT2D eigenvalue weighted by Crippen LogP contribution is -2.38. The van der Waals surface area contributed by atoms with Crippen LogP contribution in [0.2, 0.25) is 0 Å². The molecule has 0 saturated carbocycles. The number of carbonyl (C=O) groups is 1. The molecule has 0 aliphatic carbocycles. The summed E-state index contributed by atoms with van der Waals surface area (Å²) in [5, 5.41) is 2.66. The van der Waals surface area contributed by atoms with Gasteiger partial charge in [0.1, 0.15) is 0 Å². The van der Waals surface area contributed by atoms with Gasteiger partial charge in [0.25, 0.3) is 0 Å². The Hall–Kier alpha value is -0.610. The second-order valence-electron chi connectivity index (χ2n) is 4.31. The van der Waals surface area contributed by atoms with E-state index >= 15 is 0 Å². The topological polar surface area (TPSA) is 58.4 Å². The summed E-state index contributed by atoms with van der Waals surface area (Å²) in [5.74, 6) is 0.879. The Morgan fingerprint density at radius 1 is 1.60 bits per heavy atom. The van der Waals surface area contributed by atoms with Gasteiger partial charge in [0.2, 0.25) is 5.91 Å². The Balaban J connectivity index is 2.21. The average Bonchev–Trinajstić information content (AvgIpc) is 2.27. The standard InChI is InChI=1S/C11H23N3O/c1-13-11(15)5-8-14-7-2-3-10(9-14)4-6-12/h10H,2-9,12H2,1H3,(H,13,15). The van der Waals surface area contributed by atoms with Crippen molar-refractivity contribution >= 4 is 5.91 Å². The predicted octanol–water partition coefficient (Wildman–Crippen LogP) is 0.183. The molecule has 1 aliphatic rings. The number of amides is 1. The van der Waals surface area contributed by atoms with E-state index in [2.05, 4.69) is 10.2 Å². The van der Waals surface area contributed by atoms with Gasteiger partial charge in [-0.05, 0) is 38.3 Å². The fraction of sp³-hybridized carbons (Fsp3) is 0.909. The highest BCUT2D eigenvalue weighted by molar-refractivity contribution is 5.75. The van der Waals surface area contributed by atoms with Crippen LogP contribution >= 0.6 is 0 Å². The summed E-state index contributed by atoms with van der Waals surface area (Å²) in [4.78, 5) is 13.5. The van der Waals surface area contributed by atoms with Crippen LogP contribution in [-0.2, 0) is 4.79 Å². The number of nitrogens with two attached hydrogens (primary N) is 1. The summed E-state index contributed by atoms with van der Waals surface area (Å²) >= 11 is 0. The first-order valence-corrected chi connectivity index (χ1v) is 5.89. The SMILES string of the molecule is CNC(=O)CCN1CCCC(CCN)C1. The van der Waals surface area contributed by atoms with Crippen LogP contribution < -0.4 is 11.1 Å². The molecule has 1 amide bonds. The summed E-state index contributed by atoms with van der Waals surface area (Å²) < 4.78 is 0. The van der Waals surface area contributed by atoms with Crippen molar-refractivity contribution in [2.75, 3.05) is 33.2 Å². The summed E-state index contributed by atoms with van der Waals surface area (Å²) in [6.07, 6.45) is 4.29. The molecule has 0 spiro atoms. The van der Waals surface area contributed by atoms with E-state index in [1.54, 1.807) is 7.05 Å². The Labute approximate surface area is 92.2 Å². The molecular formula is C11H23N3O. The van der Waals surface area contributed by atoms with E-state index in [-0.39, 0.29) is 5.91 Å². The zero-order valence-corrected chi connectivity index (χ0v) is 9.67. The van der Waals surface area contributed by atoms with Crippen LogP contribution in [0, 0.1) is 5.92 Å².